The van der Waals surface area contributed by atoms with Crippen LogP contribution in [0.3, 0.4) is 0 Å². The van der Waals surface area contributed by atoms with E-state index >= 15 is 0 Å². The molecule has 2 aromatic rings. The Balaban J connectivity index is 2.08. The summed E-state index contributed by atoms with van der Waals surface area (Å²) in [7, 11) is 0. The Bertz CT molecular complexity index is 832. The van der Waals surface area contributed by atoms with E-state index in [9.17, 15) is 27.2 Å². The molecule has 0 spiro atoms. The number of amides is 2. The first kappa shape index (κ1) is 19.2. The highest BCUT2D eigenvalue weighted by atomic mass is 19.4. The van der Waals surface area contributed by atoms with Crippen molar-refractivity contribution in [1.29, 1.82) is 0 Å². The third-order valence-corrected chi connectivity index (χ3v) is 3.20. The van der Waals surface area contributed by atoms with Gasteiger partial charge in [0.25, 0.3) is 5.91 Å². The number of carbonyl (C=O) groups is 2. The van der Waals surface area contributed by atoms with E-state index in [-0.39, 0.29) is 16.8 Å². The summed E-state index contributed by atoms with van der Waals surface area (Å²) >= 11 is 0. The number of hydrogen-bond acceptors (Lipinski definition) is 2. The van der Waals surface area contributed by atoms with Gasteiger partial charge in [0, 0.05) is 11.6 Å². The van der Waals surface area contributed by atoms with Crippen molar-refractivity contribution in [2.45, 2.75) is 6.18 Å². The Labute approximate surface area is 146 Å². The molecule has 2 amide bonds. The number of halogens is 4. The predicted octanol–water partition coefficient (Wildman–Crippen LogP) is 3.77. The van der Waals surface area contributed by atoms with E-state index in [4.69, 9.17) is 0 Å². The number of benzene rings is 2. The zero-order chi connectivity index (χ0) is 19.2. The van der Waals surface area contributed by atoms with Crippen LogP contribution in [0.4, 0.5) is 23.2 Å². The summed E-state index contributed by atoms with van der Waals surface area (Å²) in [6.07, 6.45) is -2.24. The van der Waals surface area contributed by atoms with Gasteiger partial charge < -0.3 is 10.6 Å². The molecule has 0 heterocycles. The molecule has 2 aromatic carbocycles. The summed E-state index contributed by atoms with van der Waals surface area (Å²) in [5.74, 6) is -2.15. The minimum atomic E-state index is -4.55. The highest BCUT2D eigenvalue weighted by Crippen LogP contribution is 2.17. The quantitative estimate of drug-likeness (QED) is 0.625. The molecular formula is C18H14F4N2O2. The molecule has 0 saturated carbocycles. The number of para-hydroxylation sites is 1. The highest BCUT2D eigenvalue weighted by Gasteiger charge is 2.28. The Morgan fingerprint density at radius 1 is 1.00 bits per heavy atom. The van der Waals surface area contributed by atoms with E-state index in [1.807, 2.05) is 0 Å². The zero-order valence-corrected chi connectivity index (χ0v) is 13.3. The fraction of sp³-hybridized carbons (Fsp3) is 0.111. The molecule has 0 radical (unpaired) electrons. The molecule has 0 bridgehead atoms. The van der Waals surface area contributed by atoms with Gasteiger partial charge in [0.2, 0.25) is 5.91 Å². The number of carbonyl (C=O) groups excluding carboxylic acids is 2. The first-order valence-corrected chi connectivity index (χ1v) is 7.44. The second kappa shape index (κ2) is 8.28. The lowest BCUT2D eigenvalue weighted by Gasteiger charge is -2.11. The van der Waals surface area contributed by atoms with Crippen LogP contribution in [-0.2, 0) is 4.79 Å². The summed E-state index contributed by atoms with van der Waals surface area (Å²) in [6, 6.07) is 11.4. The summed E-state index contributed by atoms with van der Waals surface area (Å²) in [5, 5.41) is 4.12. The third-order valence-electron chi connectivity index (χ3n) is 3.20. The Kier molecular flexibility index (Phi) is 6.11. The molecule has 8 heteroatoms. The lowest BCUT2D eigenvalue weighted by atomic mass is 10.1. The SMILES string of the molecule is O=C(/C=C/c1ccccc1F)Nc1ccccc1C(=O)NCC(F)(F)F. The van der Waals surface area contributed by atoms with Gasteiger partial charge in [-0.3, -0.25) is 9.59 Å². The van der Waals surface area contributed by atoms with Gasteiger partial charge in [-0.25, -0.2) is 4.39 Å². The summed E-state index contributed by atoms with van der Waals surface area (Å²) < 4.78 is 50.1. The van der Waals surface area contributed by atoms with Crippen LogP contribution < -0.4 is 10.6 Å². The van der Waals surface area contributed by atoms with Gasteiger partial charge in [0.15, 0.2) is 0 Å². The van der Waals surface area contributed by atoms with Crippen molar-refractivity contribution < 1.29 is 27.2 Å². The van der Waals surface area contributed by atoms with Crippen LogP contribution in [0, 0.1) is 5.82 Å². The Morgan fingerprint density at radius 2 is 1.65 bits per heavy atom. The molecule has 26 heavy (non-hydrogen) atoms. The van der Waals surface area contributed by atoms with Gasteiger partial charge >= 0.3 is 6.18 Å². The van der Waals surface area contributed by atoms with Gasteiger partial charge in [-0.2, -0.15) is 13.2 Å². The monoisotopic (exact) mass is 366 g/mol. The molecule has 0 saturated heterocycles. The normalized spacial score (nSPS) is 11.4. The molecule has 0 aliphatic rings. The van der Waals surface area contributed by atoms with Crippen LogP contribution in [-0.4, -0.2) is 24.5 Å². The van der Waals surface area contributed by atoms with Crippen molar-refractivity contribution in [2.24, 2.45) is 0 Å². The maximum absolute atomic E-state index is 13.5. The van der Waals surface area contributed by atoms with Gasteiger partial charge in [0.05, 0.1) is 11.3 Å². The van der Waals surface area contributed by atoms with E-state index in [1.54, 1.807) is 11.4 Å². The lowest BCUT2D eigenvalue weighted by molar-refractivity contribution is -0.123. The number of hydrogen-bond donors (Lipinski definition) is 2. The largest absolute Gasteiger partial charge is 0.405 e. The van der Waals surface area contributed by atoms with Crippen LogP contribution >= 0.6 is 0 Å². The van der Waals surface area contributed by atoms with Crippen molar-refractivity contribution in [3.8, 4) is 0 Å². The minimum Gasteiger partial charge on any atom is -0.343 e. The number of rotatable bonds is 5. The standard InChI is InChI=1S/C18H14F4N2O2/c19-14-7-3-1-5-12(14)9-10-16(25)24-15-8-4-2-6-13(15)17(26)23-11-18(20,21)22/h1-10H,11H2,(H,23,26)(H,24,25)/b10-9+. The number of nitrogens with one attached hydrogen (secondary N) is 2. The molecule has 2 rings (SSSR count). The lowest BCUT2D eigenvalue weighted by Crippen LogP contribution is -2.34. The summed E-state index contributed by atoms with van der Waals surface area (Å²) in [5.41, 5.74) is 0.110. The second-order valence-electron chi connectivity index (χ2n) is 5.19. The van der Waals surface area contributed by atoms with Crippen LogP contribution in [0.25, 0.3) is 6.08 Å². The van der Waals surface area contributed by atoms with Crippen molar-refractivity contribution in [2.75, 3.05) is 11.9 Å². The Morgan fingerprint density at radius 3 is 2.35 bits per heavy atom. The average molecular weight is 366 g/mol. The number of anilines is 1. The first-order chi connectivity index (χ1) is 12.3. The van der Waals surface area contributed by atoms with Gasteiger partial charge in [-0.05, 0) is 24.3 Å². The van der Waals surface area contributed by atoms with Gasteiger partial charge in [-0.15, -0.1) is 0 Å². The predicted molar refractivity (Wildman–Crippen MR) is 88.9 cm³/mol. The van der Waals surface area contributed by atoms with Crippen LogP contribution in [0.15, 0.2) is 54.6 Å². The fourth-order valence-corrected chi connectivity index (χ4v) is 2.02. The van der Waals surface area contributed by atoms with Crippen molar-refractivity contribution in [3.05, 3.63) is 71.6 Å². The maximum Gasteiger partial charge on any atom is 0.405 e. The maximum atomic E-state index is 13.5. The van der Waals surface area contributed by atoms with E-state index in [2.05, 4.69) is 5.32 Å². The number of alkyl halides is 3. The summed E-state index contributed by atoms with van der Waals surface area (Å²) in [6.45, 7) is -1.48. The van der Waals surface area contributed by atoms with Gasteiger partial charge in [-0.1, -0.05) is 30.3 Å². The molecule has 136 valence electrons. The van der Waals surface area contributed by atoms with Crippen LogP contribution in [0.1, 0.15) is 15.9 Å². The molecule has 0 aliphatic heterocycles. The topological polar surface area (TPSA) is 58.2 Å². The molecule has 0 aromatic heterocycles. The molecule has 0 fully saturated rings. The fourth-order valence-electron chi connectivity index (χ4n) is 2.02. The van der Waals surface area contributed by atoms with E-state index in [0.717, 1.165) is 6.08 Å². The molecule has 4 nitrogen and oxygen atoms in total. The van der Waals surface area contributed by atoms with Crippen LogP contribution in [0.5, 0.6) is 0 Å². The van der Waals surface area contributed by atoms with Crippen molar-refractivity contribution in [1.82, 2.24) is 5.32 Å². The third kappa shape index (κ3) is 5.73. The van der Waals surface area contributed by atoms with E-state index in [0.29, 0.717) is 0 Å². The first-order valence-electron chi connectivity index (χ1n) is 7.44. The minimum absolute atomic E-state index is 0.0374. The molecule has 0 unspecified atom stereocenters. The zero-order valence-electron chi connectivity index (χ0n) is 13.3. The second-order valence-corrected chi connectivity index (χ2v) is 5.19. The smallest absolute Gasteiger partial charge is 0.343 e. The molecule has 0 aliphatic carbocycles. The summed E-state index contributed by atoms with van der Waals surface area (Å²) in [4.78, 5) is 23.8. The molecular weight excluding hydrogens is 352 g/mol. The van der Waals surface area contributed by atoms with E-state index < -0.39 is 30.4 Å². The molecule has 0 atom stereocenters. The van der Waals surface area contributed by atoms with Gasteiger partial charge in [0.1, 0.15) is 12.4 Å². The van der Waals surface area contributed by atoms with Crippen LogP contribution in [0.2, 0.25) is 0 Å². The van der Waals surface area contributed by atoms with Crippen molar-refractivity contribution in [3.63, 3.8) is 0 Å². The average Bonchev–Trinajstić information content (AvgIpc) is 2.59. The van der Waals surface area contributed by atoms with Crippen molar-refractivity contribution >= 4 is 23.6 Å². The molecule has 2 N–H and O–H groups in total. The Hall–Kier alpha value is -3.16. The van der Waals surface area contributed by atoms with E-state index in [1.165, 1.54) is 48.5 Å². The highest BCUT2D eigenvalue weighted by molar-refractivity contribution is 6.07.